The summed E-state index contributed by atoms with van der Waals surface area (Å²) in [6, 6.07) is 7.58. The van der Waals surface area contributed by atoms with Gasteiger partial charge in [-0.25, -0.2) is 17.6 Å². The molecule has 0 aliphatic carbocycles. The molecule has 2 aromatic carbocycles. The Hall–Kier alpha value is -1.84. The Bertz CT molecular complexity index is 599. The highest BCUT2D eigenvalue weighted by molar-refractivity contribution is 5.21. The summed E-state index contributed by atoms with van der Waals surface area (Å²) in [5.74, 6) is -2.15. The molecule has 2 aromatic rings. The SMILES string of the molecule is CC.CC.CC(C)c1cc(F)cc(F)c1.CC(C)c1ccc(F)c(F)c1. The Kier molecular flexibility index (Phi) is 14.6. The van der Waals surface area contributed by atoms with Gasteiger partial charge in [0.2, 0.25) is 0 Å². The summed E-state index contributed by atoms with van der Waals surface area (Å²) in [6.45, 7) is 15.7. The van der Waals surface area contributed by atoms with Gasteiger partial charge in [0.25, 0.3) is 0 Å². The van der Waals surface area contributed by atoms with E-state index in [1.54, 1.807) is 6.07 Å². The van der Waals surface area contributed by atoms with Crippen molar-refractivity contribution in [3.05, 3.63) is 70.8 Å². The van der Waals surface area contributed by atoms with Crippen LogP contribution < -0.4 is 0 Å². The van der Waals surface area contributed by atoms with Crippen LogP contribution in [0.4, 0.5) is 17.6 Å². The molecule has 4 heteroatoms. The van der Waals surface area contributed by atoms with Crippen LogP contribution in [0.2, 0.25) is 0 Å². The summed E-state index contributed by atoms with van der Waals surface area (Å²) in [5.41, 5.74) is 1.52. The number of benzene rings is 2. The van der Waals surface area contributed by atoms with Gasteiger partial charge in [-0.1, -0.05) is 61.5 Å². The molecule has 0 amide bonds. The maximum atomic E-state index is 12.6. The number of hydrogen-bond acceptors (Lipinski definition) is 0. The fourth-order valence-corrected chi connectivity index (χ4v) is 1.78. The van der Waals surface area contributed by atoms with E-state index < -0.39 is 23.3 Å². The number of rotatable bonds is 2. The average molecular weight is 372 g/mol. The Morgan fingerprint density at radius 3 is 1.31 bits per heavy atom. The van der Waals surface area contributed by atoms with Gasteiger partial charge in [-0.3, -0.25) is 0 Å². The fraction of sp³-hybridized carbons (Fsp3) is 0.455. The summed E-state index contributed by atoms with van der Waals surface area (Å²) in [7, 11) is 0. The summed E-state index contributed by atoms with van der Waals surface area (Å²) < 4.78 is 50.0. The van der Waals surface area contributed by atoms with Crippen LogP contribution in [0, 0.1) is 23.3 Å². The minimum absolute atomic E-state index is 0.167. The molecule has 2 rings (SSSR count). The first-order chi connectivity index (χ1) is 12.2. The lowest BCUT2D eigenvalue weighted by molar-refractivity contribution is 0.506. The Morgan fingerprint density at radius 1 is 0.538 bits per heavy atom. The molecule has 0 fully saturated rings. The molecule has 0 saturated carbocycles. The van der Waals surface area contributed by atoms with Crippen molar-refractivity contribution >= 4 is 0 Å². The summed E-state index contributed by atoms with van der Waals surface area (Å²) >= 11 is 0. The first-order valence-electron chi connectivity index (χ1n) is 9.11. The van der Waals surface area contributed by atoms with Gasteiger partial charge in [0.15, 0.2) is 11.6 Å². The maximum absolute atomic E-state index is 12.6. The van der Waals surface area contributed by atoms with E-state index in [2.05, 4.69) is 0 Å². The van der Waals surface area contributed by atoms with E-state index in [1.165, 1.54) is 18.2 Å². The molecule has 0 spiro atoms. The molecule has 0 nitrogen and oxygen atoms in total. The smallest absolute Gasteiger partial charge is 0.159 e. The number of hydrogen-bond donors (Lipinski definition) is 0. The third-order valence-corrected chi connectivity index (χ3v) is 3.16. The van der Waals surface area contributed by atoms with Crippen molar-refractivity contribution in [1.82, 2.24) is 0 Å². The molecule has 0 saturated heterocycles. The van der Waals surface area contributed by atoms with Crippen molar-refractivity contribution in [3.63, 3.8) is 0 Å². The van der Waals surface area contributed by atoms with Crippen LogP contribution in [0.15, 0.2) is 36.4 Å². The van der Waals surface area contributed by atoms with Crippen molar-refractivity contribution in [3.8, 4) is 0 Å². The molecule has 0 heterocycles. The van der Waals surface area contributed by atoms with Gasteiger partial charge in [-0.2, -0.15) is 0 Å². The fourth-order valence-electron chi connectivity index (χ4n) is 1.78. The van der Waals surface area contributed by atoms with Crippen LogP contribution in [0.25, 0.3) is 0 Å². The molecule has 0 N–H and O–H groups in total. The highest BCUT2D eigenvalue weighted by Crippen LogP contribution is 2.17. The van der Waals surface area contributed by atoms with Crippen LogP contribution in [0.5, 0.6) is 0 Å². The van der Waals surface area contributed by atoms with Gasteiger partial charge >= 0.3 is 0 Å². The second-order valence-electron chi connectivity index (χ2n) is 5.69. The van der Waals surface area contributed by atoms with Crippen molar-refractivity contribution in [2.24, 2.45) is 0 Å². The van der Waals surface area contributed by atoms with Crippen molar-refractivity contribution in [2.45, 2.75) is 67.2 Å². The topological polar surface area (TPSA) is 0 Å². The maximum Gasteiger partial charge on any atom is 0.159 e. The molecular formula is C22H32F4. The third kappa shape index (κ3) is 10.2. The average Bonchev–Trinajstić information content (AvgIpc) is 2.60. The van der Waals surface area contributed by atoms with Gasteiger partial charge in [-0.05, 0) is 47.2 Å². The van der Waals surface area contributed by atoms with E-state index in [1.807, 2.05) is 55.4 Å². The lowest BCUT2D eigenvalue weighted by atomic mass is 10.0. The van der Waals surface area contributed by atoms with Gasteiger partial charge in [0.05, 0.1) is 0 Å². The van der Waals surface area contributed by atoms with Crippen LogP contribution in [0.3, 0.4) is 0 Å². The summed E-state index contributed by atoms with van der Waals surface area (Å²) in [5, 5.41) is 0. The third-order valence-electron chi connectivity index (χ3n) is 3.16. The molecule has 0 bridgehead atoms. The second kappa shape index (κ2) is 14.3. The zero-order valence-corrected chi connectivity index (χ0v) is 17.1. The highest BCUT2D eigenvalue weighted by Gasteiger charge is 2.04. The van der Waals surface area contributed by atoms with Gasteiger partial charge in [-0.15, -0.1) is 0 Å². The zero-order valence-electron chi connectivity index (χ0n) is 17.1. The van der Waals surface area contributed by atoms with E-state index in [0.29, 0.717) is 5.56 Å². The highest BCUT2D eigenvalue weighted by atomic mass is 19.2. The van der Waals surface area contributed by atoms with Gasteiger partial charge in [0, 0.05) is 6.07 Å². The molecule has 0 atom stereocenters. The molecular weight excluding hydrogens is 340 g/mol. The van der Waals surface area contributed by atoms with Gasteiger partial charge < -0.3 is 0 Å². The molecule has 148 valence electrons. The van der Waals surface area contributed by atoms with Crippen molar-refractivity contribution in [2.75, 3.05) is 0 Å². The van der Waals surface area contributed by atoms with Gasteiger partial charge in [0.1, 0.15) is 11.6 Å². The zero-order chi connectivity index (χ0) is 20.9. The van der Waals surface area contributed by atoms with E-state index in [4.69, 9.17) is 0 Å². The molecule has 0 aliphatic heterocycles. The normalized spacial score (nSPS) is 9.46. The van der Waals surface area contributed by atoms with Crippen molar-refractivity contribution in [1.29, 1.82) is 0 Å². The Labute approximate surface area is 156 Å². The minimum Gasteiger partial charge on any atom is -0.207 e. The minimum atomic E-state index is -0.783. The summed E-state index contributed by atoms with van der Waals surface area (Å²) in [4.78, 5) is 0. The first kappa shape index (κ1) is 26.4. The predicted molar refractivity (Wildman–Crippen MR) is 104 cm³/mol. The Morgan fingerprint density at radius 2 is 0.962 bits per heavy atom. The van der Waals surface area contributed by atoms with Crippen LogP contribution >= 0.6 is 0 Å². The van der Waals surface area contributed by atoms with Crippen LogP contribution in [0.1, 0.15) is 78.4 Å². The number of halogens is 4. The molecule has 0 unspecified atom stereocenters. The van der Waals surface area contributed by atoms with E-state index in [9.17, 15) is 17.6 Å². The van der Waals surface area contributed by atoms with Crippen molar-refractivity contribution < 1.29 is 17.6 Å². The van der Waals surface area contributed by atoms with E-state index >= 15 is 0 Å². The second-order valence-corrected chi connectivity index (χ2v) is 5.69. The first-order valence-corrected chi connectivity index (χ1v) is 9.11. The van der Waals surface area contributed by atoms with Crippen LogP contribution in [-0.4, -0.2) is 0 Å². The standard InChI is InChI=1S/2C9H10F2.2C2H6/c1-6(2)7-3-8(10)5-9(11)4-7;1-6(2)7-3-4-8(10)9(11)5-7;2*1-2/h2*3-6H,1-2H3;2*1-2H3. The lowest BCUT2D eigenvalue weighted by Gasteiger charge is -2.04. The monoisotopic (exact) mass is 372 g/mol. The van der Waals surface area contributed by atoms with E-state index in [-0.39, 0.29) is 11.8 Å². The predicted octanol–water partition coefficient (Wildman–Crippen LogP) is 8.23. The van der Waals surface area contributed by atoms with E-state index in [0.717, 1.165) is 17.7 Å². The molecule has 0 aromatic heterocycles. The Balaban J connectivity index is 0. The van der Waals surface area contributed by atoms with Crippen LogP contribution in [-0.2, 0) is 0 Å². The molecule has 0 radical (unpaired) electrons. The lowest BCUT2D eigenvalue weighted by Crippen LogP contribution is -1.90. The molecule has 26 heavy (non-hydrogen) atoms. The molecule has 0 aliphatic rings. The quantitative estimate of drug-likeness (QED) is 0.466. The largest absolute Gasteiger partial charge is 0.207 e. The summed E-state index contributed by atoms with van der Waals surface area (Å²) in [6.07, 6.45) is 0.